The van der Waals surface area contributed by atoms with Crippen LogP contribution in [0.4, 0.5) is 17.3 Å². The first-order valence-electron chi connectivity index (χ1n) is 4.70. The molecule has 1 rings (SSSR count). The predicted octanol–water partition coefficient (Wildman–Crippen LogP) is -1.11. The Bertz CT molecular complexity index is 352. The Morgan fingerprint density at radius 2 is 2.25 bits per heavy atom. The molecule has 1 heterocycles. The number of anilines is 2. The van der Waals surface area contributed by atoms with Gasteiger partial charge in [-0.1, -0.05) is 0 Å². The van der Waals surface area contributed by atoms with Crippen molar-refractivity contribution in [3.05, 3.63) is 10.1 Å². The van der Waals surface area contributed by atoms with Crippen LogP contribution in [-0.2, 0) is 0 Å². The van der Waals surface area contributed by atoms with Crippen molar-refractivity contribution in [3.63, 3.8) is 0 Å². The second kappa shape index (κ2) is 5.88. The topological polar surface area (TPSA) is 142 Å². The van der Waals surface area contributed by atoms with Gasteiger partial charge >= 0.3 is 5.69 Å². The third-order valence-corrected chi connectivity index (χ3v) is 1.83. The van der Waals surface area contributed by atoms with Gasteiger partial charge in [0.25, 0.3) is 0 Å². The average molecular weight is 230 g/mol. The number of nitrogens with zero attached hydrogens (tertiary/aromatic N) is 2. The number of aromatic amines is 1. The molecule has 0 radical (unpaired) electrons. The van der Waals surface area contributed by atoms with Crippen molar-refractivity contribution in [2.75, 3.05) is 37.3 Å². The lowest BCUT2D eigenvalue weighted by atomic mass is 10.4. The maximum atomic E-state index is 10.6. The Balaban J connectivity index is 2.45. The van der Waals surface area contributed by atoms with Gasteiger partial charge < -0.3 is 21.5 Å². The molecule has 9 nitrogen and oxygen atoms in total. The number of aromatic nitrogens is 2. The number of hydrogen-bond donors (Lipinski definition) is 5. The summed E-state index contributed by atoms with van der Waals surface area (Å²) in [5.41, 5.74) is 5.10. The summed E-state index contributed by atoms with van der Waals surface area (Å²) in [6.45, 7) is 1.54. The molecule has 0 spiro atoms. The molecule has 0 amide bonds. The van der Waals surface area contributed by atoms with Crippen LogP contribution in [0.1, 0.15) is 0 Å². The van der Waals surface area contributed by atoms with Crippen molar-refractivity contribution in [1.29, 1.82) is 0 Å². The number of aliphatic hydroxyl groups is 1. The molecule has 0 saturated carbocycles. The SMILES string of the molecule is Nc1[nH]nc(NCCNCCO)c1[N+](=O)[O-]. The van der Waals surface area contributed by atoms with Crippen LogP contribution in [0.25, 0.3) is 0 Å². The number of aliphatic hydroxyl groups excluding tert-OH is 1. The highest BCUT2D eigenvalue weighted by atomic mass is 16.6. The predicted molar refractivity (Wildman–Crippen MR) is 58.1 cm³/mol. The quantitative estimate of drug-likeness (QED) is 0.227. The third kappa shape index (κ3) is 3.07. The summed E-state index contributed by atoms with van der Waals surface area (Å²) in [4.78, 5) is 10.0. The molecule has 0 saturated heterocycles. The van der Waals surface area contributed by atoms with Crippen LogP contribution in [0, 0.1) is 10.1 Å². The van der Waals surface area contributed by atoms with Crippen molar-refractivity contribution in [2.45, 2.75) is 0 Å². The van der Waals surface area contributed by atoms with Gasteiger partial charge in [-0.15, -0.1) is 5.10 Å². The van der Waals surface area contributed by atoms with Crippen molar-refractivity contribution >= 4 is 17.3 Å². The largest absolute Gasteiger partial charge is 0.395 e. The minimum Gasteiger partial charge on any atom is -0.395 e. The molecular formula is C7H14N6O3. The van der Waals surface area contributed by atoms with E-state index >= 15 is 0 Å². The highest BCUT2D eigenvalue weighted by molar-refractivity contribution is 5.68. The number of rotatable bonds is 7. The summed E-state index contributed by atoms with van der Waals surface area (Å²) in [6, 6.07) is 0. The Kier molecular flexibility index (Phi) is 4.48. The van der Waals surface area contributed by atoms with Gasteiger partial charge in [0.2, 0.25) is 11.6 Å². The number of nitrogens with two attached hydrogens (primary N) is 1. The van der Waals surface area contributed by atoms with Crippen LogP contribution in [-0.4, -0.2) is 46.5 Å². The number of nitrogens with one attached hydrogen (secondary N) is 3. The molecule has 0 unspecified atom stereocenters. The van der Waals surface area contributed by atoms with Crippen molar-refractivity contribution < 1.29 is 10.0 Å². The van der Waals surface area contributed by atoms with Gasteiger partial charge in [-0.25, -0.2) is 0 Å². The third-order valence-electron chi connectivity index (χ3n) is 1.83. The van der Waals surface area contributed by atoms with Crippen molar-refractivity contribution in [3.8, 4) is 0 Å². The molecule has 0 fully saturated rings. The fourth-order valence-electron chi connectivity index (χ4n) is 1.13. The van der Waals surface area contributed by atoms with Crippen LogP contribution in [0.3, 0.4) is 0 Å². The van der Waals surface area contributed by atoms with E-state index in [4.69, 9.17) is 10.8 Å². The van der Waals surface area contributed by atoms with Crippen LogP contribution < -0.4 is 16.4 Å². The Morgan fingerprint density at radius 3 is 2.88 bits per heavy atom. The molecule has 0 aliphatic heterocycles. The van der Waals surface area contributed by atoms with E-state index in [1.54, 1.807) is 0 Å². The van der Waals surface area contributed by atoms with Crippen LogP contribution >= 0.6 is 0 Å². The molecule has 6 N–H and O–H groups in total. The molecule has 16 heavy (non-hydrogen) atoms. The molecular weight excluding hydrogens is 216 g/mol. The molecule has 1 aromatic rings. The van der Waals surface area contributed by atoms with E-state index in [1.165, 1.54) is 0 Å². The second-order valence-corrected chi connectivity index (χ2v) is 2.99. The number of nitrogen functional groups attached to an aromatic ring is 1. The van der Waals surface area contributed by atoms with Gasteiger partial charge in [0.1, 0.15) is 0 Å². The fourth-order valence-corrected chi connectivity index (χ4v) is 1.13. The van der Waals surface area contributed by atoms with E-state index in [9.17, 15) is 10.1 Å². The molecule has 0 aromatic carbocycles. The summed E-state index contributed by atoms with van der Waals surface area (Å²) in [6.07, 6.45) is 0. The minimum absolute atomic E-state index is 0.0511. The van der Waals surface area contributed by atoms with Gasteiger partial charge in [0.15, 0.2) is 0 Å². The lowest BCUT2D eigenvalue weighted by Gasteiger charge is -2.03. The molecule has 1 aromatic heterocycles. The minimum atomic E-state index is -0.595. The van der Waals surface area contributed by atoms with Gasteiger partial charge in [0.05, 0.1) is 11.5 Å². The number of nitro groups is 1. The lowest BCUT2D eigenvalue weighted by Crippen LogP contribution is -2.25. The monoisotopic (exact) mass is 230 g/mol. The first-order chi connectivity index (χ1) is 7.66. The van der Waals surface area contributed by atoms with E-state index in [-0.39, 0.29) is 23.9 Å². The summed E-state index contributed by atoms with van der Waals surface area (Å²) in [7, 11) is 0. The maximum Gasteiger partial charge on any atom is 0.354 e. The Labute approximate surface area is 91.2 Å². The zero-order chi connectivity index (χ0) is 12.0. The highest BCUT2D eigenvalue weighted by Crippen LogP contribution is 2.26. The zero-order valence-corrected chi connectivity index (χ0v) is 8.56. The average Bonchev–Trinajstić information content (AvgIpc) is 2.59. The van der Waals surface area contributed by atoms with Crippen LogP contribution in [0.15, 0.2) is 0 Å². The molecule has 0 aliphatic carbocycles. The maximum absolute atomic E-state index is 10.6. The summed E-state index contributed by atoms with van der Waals surface area (Å²) >= 11 is 0. The van der Waals surface area contributed by atoms with E-state index in [0.717, 1.165) is 0 Å². The first kappa shape index (κ1) is 12.2. The lowest BCUT2D eigenvalue weighted by molar-refractivity contribution is -0.383. The Morgan fingerprint density at radius 1 is 1.50 bits per heavy atom. The molecule has 0 atom stereocenters. The van der Waals surface area contributed by atoms with E-state index in [1.807, 2.05) is 0 Å². The van der Waals surface area contributed by atoms with Crippen molar-refractivity contribution in [2.24, 2.45) is 0 Å². The van der Waals surface area contributed by atoms with E-state index in [2.05, 4.69) is 20.8 Å². The smallest absolute Gasteiger partial charge is 0.354 e. The van der Waals surface area contributed by atoms with Crippen LogP contribution in [0.2, 0.25) is 0 Å². The van der Waals surface area contributed by atoms with Gasteiger partial charge in [-0.3, -0.25) is 15.2 Å². The van der Waals surface area contributed by atoms with E-state index in [0.29, 0.717) is 19.6 Å². The highest BCUT2D eigenvalue weighted by Gasteiger charge is 2.21. The summed E-state index contributed by atoms with van der Waals surface area (Å²) in [5, 5.41) is 30.8. The fraction of sp³-hybridized carbons (Fsp3) is 0.571. The van der Waals surface area contributed by atoms with Gasteiger partial charge in [-0.05, 0) is 0 Å². The molecule has 0 bridgehead atoms. The van der Waals surface area contributed by atoms with Gasteiger partial charge in [0, 0.05) is 19.6 Å². The number of H-pyrrole nitrogens is 1. The standard InChI is InChI=1S/C7H14N6O3/c8-6-5(13(15)16)7(12-11-6)10-2-1-9-3-4-14/h9,14H,1-4H2,(H4,8,10,11,12). The summed E-state index contributed by atoms with van der Waals surface area (Å²) in [5.74, 6) is 0.0455. The number of hydrogen-bond acceptors (Lipinski definition) is 7. The molecule has 9 heteroatoms. The molecule has 90 valence electrons. The van der Waals surface area contributed by atoms with Crippen LogP contribution in [0.5, 0.6) is 0 Å². The van der Waals surface area contributed by atoms with Gasteiger partial charge in [-0.2, -0.15) is 0 Å². The molecule has 0 aliphatic rings. The zero-order valence-electron chi connectivity index (χ0n) is 8.56. The van der Waals surface area contributed by atoms with Crippen molar-refractivity contribution in [1.82, 2.24) is 15.5 Å². The van der Waals surface area contributed by atoms with E-state index < -0.39 is 4.92 Å². The first-order valence-corrected chi connectivity index (χ1v) is 4.70. The second-order valence-electron chi connectivity index (χ2n) is 2.99. The summed E-state index contributed by atoms with van der Waals surface area (Å²) < 4.78 is 0. The normalized spacial score (nSPS) is 10.3. The Hall–Kier alpha value is -1.87.